The minimum atomic E-state index is -0.299. The highest BCUT2D eigenvalue weighted by Crippen LogP contribution is 2.27. The van der Waals surface area contributed by atoms with Crippen LogP contribution in [0.3, 0.4) is 0 Å². The summed E-state index contributed by atoms with van der Waals surface area (Å²) in [5, 5.41) is 12.2. The molecule has 1 atom stereocenters. The maximum atomic E-state index is 13.4. The number of hydrogen-bond acceptors (Lipinski definition) is 5. The number of ether oxygens (including phenoxy) is 1. The average Bonchev–Trinajstić information content (AvgIpc) is 3.44. The van der Waals surface area contributed by atoms with Gasteiger partial charge in [-0.2, -0.15) is 0 Å². The number of carbonyl (C=O) groups excluding carboxylic acids is 1. The van der Waals surface area contributed by atoms with E-state index in [2.05, 4.69) is 29.4 Å². The topological polar surface area (TPSA) is 69.0 Å². The average molecular weight is 455 g/mol. The highest BCUT2D eigenvalue weighted by Gasteiger charge is 2.22. The Hall–Kier alpha value is -2.71. The van der Waals surface area contributed by atoms with E-state index in [9.17, 15) is 9.18 Å². The van der Waals surface area contributed by atoms with E-state index in [0.717, 1.165) is 30.7 Å². The van der Waals surface area contributed by atoms with Crippen molar-refractivity contribution in [2.24, 2.45) is 0 Å². The fourth-order valence-corrected chi connectivity index (χ4v) is 4.39. The zero-order chi connectivity index (χ0) is 22.5. The van der Waals surface area contributed by atoms with Gasteiger partial charge in [-0.15, -0.1) is 10.2 Å². The molecular formula is C24H27FN4O2S. The molecule has 2 heterocycles. The highest BCUT2D eigenvalue weighted by molar-refractivity contribution is 7.99. The van der Waals surface area contributed by atoms with Crippen molar-refractivity contribution in [3.8, 4) is 11.4 Å². The number of amides is 1. The molecule has 1 N–H and O–H groups in total. The van der Waals surface area contributed by atoms with E-state index in [0.29, 0.717) is 23.4 Å². The summed E-state index contributed by atoms with van der Waals surface area (Å²) in [5.74, 6) is 0.890. The predicted molar refractivity (Wildman–Crippen MR) is 124 cm³/mol. The molecule has 1 fully saturated rings. The minimum absolute atomic E-state index is 0.0813. The first-order chi connectivity index (χ1) is 15.5. The summed E-state index contributed by atoms with van der Waals surface area (Å²) in [6.07, 6.45) is 2.08. The van der Waals surface area contributed by atoms with E-state index in [1.807, 2.05) is 28.8 Å². The molecular weight excluding hydrogens is 427 g/mol. The summed E-state index contributed by atoms with van der Waals surface area (Å²) in [4.78, 5) is 12.5. The molecule has 3 aromatic rings. The Bertz CT molecular complexity index is 1040. The molecule has 2 aromatic carbocycles. The van der Waals surface area contributed by atoms with Crippen molar-refractivity contribution in [3.63, 3.8) is 0 Å². The SMILES string of the molecule is CC(C)c1ccc(NC(=O)CSc2nnc(-c3ccc(F)cc3)n2C[C@H]2CCCO2)cc1. The predicted octanol–water partition coefficient (Wildman–Crippen LogP) is 5.12. The van der Waals surface area contributed by atoms with Gasteiger partial charge >= 0.3 is 0 Å². The molecule has 1 aliphatic heterocycles. The number of nitrogens with zero attached hydrogens (tertiary/aromatic N) is 3. The van der Waals surface area contributed by atoms with Gasteiger partial charge in [0, 0.05) is 17.9 Å². The second kappa shape index (κ2) is 10.3. The van der Waals surface area contributed by atoms with Crippen molar-refractivity contribution in [2.45, 2.75) is 50.4 Å². The smallest absolute Gasteiger partial charge is 0.234 e. The molecule has 1 saturated heterocycles. The van der Waals surface area contributed by atoms with Crippen LogP contribution in [0.1, 0.15) is 38.2 Å². The van der Waals surface area contributed by atoms with Crippen LogP contribution in [0.15, 0.2) is 53.7 Å². The Morgan fingerprint density at radius 2 is 1.94 bits per heavy atom. The summed E-state index contributed by atoms with van der Waals surface area (Å²) in [5.41, 5.74) is 2.78. The number of carbonyl (C=O) groups is 1. The first-order valence-electron chi connectivity index (χ1n) is 10.8. The minimum Gasteiger partial charge on any atom is -0.376 e. The molecule has 4 rings (SSSR count). The third kappa shape index (κ3) is 5.55. The summed E-state index contributed by atoms with van der Waals surface area (Å²) >= 11 is 1.33. The summed E-state index contributed by atoms with van der Waals surface area (Å²) < 4.78 is 21.1. The lowest BCUT2D eigenvalue weighted by Gasteiger charge is -2.15. The van der Waals surface area contributed by atoms with Crippen LogP contribution in [0.2, 0.25) is 0 Å². The van der Waals surface area contributed by atoms with Gasteiger partial charge in [-0.25, -0.2) is 4.39 Å². The monoisotopic (exact) mass is 454 g/mol. The van der Waals surface area contributed by atoms with Crippen molar-refractivity contribution in [1.29, 1.82) is 0 Å². The van der Waals surface area contributed by atoms with Crippen LogP contribution in [0.5, 0.6) is 0 Å². The van der Waals surface area contributed by atoms with Crippen LogP contribution in [-0.4, -0.2) is 39.1 Å². The first kappa shape index (κ1) is 22.5. The van der Waals surface area contributed by atoms with Crippen molar-refractivity contribution in [2.75, 3.05) is 17.7 Å². The summed E-state index contributed by atoms with van der Waals surface area (Å²) in [6, 6.07) is 14.1. The Morgan fingerprint density at radius 1 is 1.19 bits per heavy atom. The maximum absolute atomic E-state index is 13.4. The van der Waals surface area contributed by atoms with Gasteiger partial charge in [0.05, 0.1) is 18.4 Å². The Balaban J connectivity index is 1.46. The van der Waals surface area contributed by atoms with Gasteiger partial charge < -0.3 is 10.1 Å². The lowest BCUT2D eigenvalue weighted by molar-refractivity contribution is -0.113. The number of halogens is 1. The fraction of sp³-hybridized carbons (Fsp3) is 0.375. The number of anilines is 1. The molecule has 8 heteroatoms. The van der Waals surface area contributed by atoms with Crippen molar-refractivity contribution >= 4 is 23.4 Å². The van der Waals surface area contributed by atoms with Gasteiger partial charge in [0.15, 0.2) is 11.0 Å². The van der Waals surface area contributed by atoms with E-state index in [-0.39, 0.29) is 23.6 Å². The third-order valence-corrected chi connectivity index (χ3v) is 6.39. The number of hydrogen-bond donors (Lipinski definition) is 1. The number of thioether (sulfide) groups is 1. The maximum Gasteiger partial charge on any atom is 0.234 e. The van der Waals surface area contributed by atoms with Crippen molar-refractivity contribution in [3.05, 3.63) is 59.9 Å². The molecule has 0 radical (unpaired) electrons. The highest BCUT2D eigenvalue weighted by atomic mass is 32.2. The molecule has 0 spiro atoms. The molecule has 0 saturated carbocycles. The lowest BCUT2D eigenvalue weighted by Crippen LogP contribution is -2.18. The normalized spacial score (nSPS) is 15.9. The van der Waals surface area contributed by atoms with Gasteiger partial charge in [0.1, 0.15) is 5.82 Å². The van der Waals surface area contributed by atoms with E-state index >= 15 is 0 Å². The summed E-state index contributed by atoms with van der Waals surface area (Å²) in [7, 11) is 0. The van der Waals surface area contributed by atoms with Crippen LogP contribution in [0, 0.1) is 5.82 Å². The largest absolute Gasteiger partial charge is 0.376 e. The van der Waals surface area contributed by atoms with Crippen molar-refractivity contribution < 1.29 is 13.9 Å². The molecule has 32 heavy (non-hydrogen) atoms. The van der Waals surface area contributed by atoms with Gasteiger partial charge in [-0.3, -0.25) is 9.36 Å². The number of aromatic nitrogens is 3. The first-order valence-corrected chi connectivity index (χ1v) is 11.8. The van der Waals surface area contributed by atoms with Gasteiger partial charge in [-0.1, -0.05) is 37.7 Å². The van der Waals surface area contributed by atoms with Crippen LogP contribution >= 0.6 is 11.8 Å². The zero-order valence-corrected chi connectivity index (χ0v) is 19.1. The Kier molecular flexibility index (Phi) is 7.22. The number of nitrogens with one attached hydrogen (secondary N) is 1. The second-order valence-electron chi connectivity index (χ2n) is 8.17. The third-order valence-electron chi connectivity index (χ3n) is 5.42. The Morgan fingerprint density at radius 3 is 2.59 bits per heavy atom. The quantitative estimate of drug-likeness (QED) is 0.479. The zero-order valence-electron chi connectivity index (χ0n) is 18.3. The van der Waals surface area contributed by atoms with Crippen LogP contribution in [0.4, 0.5) is 10.1 Å². The van der Waals surface area contributed by atoms with E-state index < -0.39 is 0 Å². The molecule has 0 aliphatic carbocycles. The molecule has 1 amide bonds. The summed E-state index contributed by atoms with van der Waals surface area (Å²) in [6.45, 7) is 5.62. The fourth-order valence-electron chi connectivity index (χ4n) is 3.64. The molecule has 1 aliphatic rings. The Labute approximate surface area is 191 Å². The standard InChI is InChI=1S/C24H27FN4O2S/c1-16(2)17-7-11-20(12-8-17)26-22(30)15-32-24-28-27-23(18-5-9-19(25)10-6-18)29(24)14-21-4-3-13-31-21/h5-12,16,21H,3-4,13-15H2,1-2H3,(H,26,30)/t21-/m1/s1. The molecule has 0 unspecified atom stereocenters. The van der Waals surface area contributed by atoms with Crippen LogP contribution in [-0.2, 0) is 16.1 Å². The van der Waals surface area contributed by atoms with Crippen molar-refractivity contribution in [1.82, 2.24) is 14.8 Å². The van der Waals surface area contributed by atoms with Gasteiger partial charge in [-0.05, 0) is 60.7 Å². The van der Waals surface area contributed by atoms with Gasteiger partial charge in [0.25, 0.3) is 0 Å². The molecule has 0 bridgehead atoms. The van der Waals surface area contributed by atoms with Crippen LogP contribution in [0.25, 0.3) is 11.4 Å². The van der Waals surface area contributed by atoms with Gasteiger partial charge in [0.2, 0.25) is 5.91 Å². The molecule has 168 valence electrons. The van der Waals surface area contributed by atoms with Crippen LogP contribution < -0.4 is 5.32 Å². The lowest BCUT2D eigenvalue weighted by atomic mass is 10.0. The number of benzene rings is 2. The van der Waals surface area contributed by atoms with E-state index in [1.165, 1.54) is 29.5 Å². The second-order valence-corrected chi connectivity index (χ2v) is 9.11. The number of rotatable bonds is 8. The molecule has 6 nitrogen and oxygen atoms in total. The molecule has 1 aromatic heterocycles. The van der Waals surface area contributed by atoms with E-state index in [4.69, 9.17) is 4.74 Å². The van der Waals surface area contributed by atoms with E-state index in [1.54, 1.807) is 12.1 Å².